The molecule has 0 aromatic heterocycles. The van der Waals surface area contributed by atoms with E-state index in [9.17, 15) is 9.59 Å². The lowest BCUT2D eigenvalue weighted by molar-refractivity contribution is -0.143. The Morgan fingerprint density at radius 3 is 2.33 bits per heavy atom. The quantitative estimate of drug-likeness (QED) is 0.631. The van der Waals surface area contributed by atoms with Gasteiger partial charge in [0.25, 0.3) is 5.91 Å². The summed E-state index contributed by atoms with van der Waals surface area (Å²) in [6, 6.07) is 15.1. The lowest BCUT2D eigenvalue weighted by Crippen LogP contribution is -2.51. The summed E-state index contributed by atoms with van der Waals surface area (Å²) in [4.78, 5) is 27.7. The van der Waals surface area contributed by atoms with Crippen molar-refractivity contribution in [3.63, 3.8) is 0 Å². The van der Waals surface area contributed by atoms with Crippen LogP contribution < -0.4 is 10.1 Å². The molecular formula is C25H34N2O3. The highest BCUT2D eigenvalue weighted by atomic mass is 16.5. The smallest absolute Gasteiger partial charge is 0.261 e. The van der Waals surface area contributed by atoms with Crippen LogP contribution in [-0.4, -0.2) is 35.4 Å². The van der Waals surface area contributed by atoms with E-state index in [1.165, 1.54) is 0 Å². The van der Waals surface area contributed by atoms with Crippen molar-refractivity contribution in [1.82, 2.24) is 10.2 Å². The molecule has 5 heteroatoms. The van der Waals surface area contributed by atoms with Gasteiger partial charge in [-0.05, 0) is 50.8 Å². The standard InChI is InChI=1S/C25H34N2O3/c1-6-20(5)26-25(29)22(7-2)27(16-21-11-9-8-10-12-21)24(28)17-30-23-14-13-18(3)15-19(23)4/h8-15,20,22H,6-7,16-17H2,1-5H3,(H,26,29). The van der Waals surface area contributed by atoms with Gasteiger partial charge in [0.2, 0.25) is 5.91 Å². The van der Waals surface area contributed by atoms with E-state index in [2.05, 4.69) is 5.32 Å². The number of benzene rings is 2. The zero-order valence-corrected chi connectivity index (χ0v) is 18.8. The molecule has 2 amide bonds. The van der Waals surface area contributed by atoms with Crippen molar-refractivity contribution in [1.29, 1.82) is 0 Å². The summed E-state index contributed by atoms with van der Waals surface area (Å²) in [6.45, 7) is 10.2. The van der Waals surface area contributed by atoms with Crippen molar-refractivity contribution < 1.29 is 14.3 Å². The fourth-order valence-electron chi connectivity index (χ4n) is 3.32. The first kappa shape index (κ1) is 23.5. The first-order valence-electron chi connectivity index (χ1n) is 10.7. The summed E-state index contributed by atoms with van der Waals surface area (Å²) in [6.07, 6.45) is 1.37. The minimum absolute atomic E-state index is 0.0617. The Morgan fingerprint density at radius 1 is 1.03 bits per heavy atom. The molecule has 5 nitrogen and oxygen atoms in total. The Morgan fingerprint density at radius 2 is 1.73 bits per heavy atom. The highest BCUT2D eigenvalue weighted by Crippen LogP contribution is 2.19. The van der Waals surface area contributed by atoms with Gasteiger partial charge < -0.3 is 15.0 Å². The van der Waals surface area contributed by atoms with Crippen LogP contribution in [0.1, 0.15) is 50.3 Å². The first-order chi connectivity index (χ1) is 14.3. The molecule has 2 aromatic rings. The lowest BCUT2D eigenvalue weighted by Gasteiger charge is -2.31. The molecule has 0 saturated carbocycles. The van der Waals surface area contributed by atoms with Gasteiger partial charge in [-0.15, -0.1) is 0 Å². The molecule has 30 heavy (non-hydrogen) atoms. The van der Waals surface area contributed by atoms with Crippen molar-refractivity contribution in [2.45, 2.75) is 66.1 Å². The molecule has 0 spiro atoms. The van der Waals surface area contributed by atoms with E-state index in [4.69, 9.17) is 4.74 Å². The minimum Gasteiger partial charge on any atom is -0.483 e. The second-order valence-corrected chi connectivity index (χ2v) is 7.81. The third-order valence-corrected chi connectivity index (χ3v) is 5.26. The number of nitrogens with zero attached hydrogens (tertiary/aromatic N) is 1. The number of carbonyl (C=O) groups is 2. The predicted octanol–water partition coefficient (Wildman–Crippen LogP) is 4.40. The molecule has 2 rings (SSSR count). The van der Waals surface area contributed by atoms with Crippen molar-refractivity contribution in [2.75, 3.05) is 6.61 Å². The maximum Gasteiger partial charge on any atom is 0.261 e. The summed E-state index contributed by atoms with van der Waals surface area (Å²) in [5.74, 6) is 0.360. The third-order valence-electron chi connectivity index (χ3n) is 5.26. The number of hydrogen-bond donors (Lipinski definition) is 1. The monoisotopic (exact) mass is 410 g/mol. The van der Waals surface area contributed by atoms with Gasteiger partial charge in [-0.1, -0.05) is 61.9 Å². The molecule has 2 aromatic carbocycles. The number of amides is 2. The first-order valence-corrected chi connectivity index (χ1v) is 10.7. The summed E-state index contributed by atoms with van der Waals surface area (Å²) < 4.78 is 5.83. The molecule has 0 radical (unpaired) electrons. The molecule has 0 saturated heterocycles. The third kappa shape index (κ3) is 6.61. The van der Waals surface area contributed by atoms with Crippen LogP contribution in [0, 0.1) is 13.8 Å². The number of nitrogens with one attached hydrogen (secondary N) is 1. The fourth-order valence-corrected chi connectivity index (χ4v) is 3.32. The zero-order chi connectivity index (χ0) is 22.1. The molecule has 0 aliphatic heterocycles. The van der Waals surface area contributed by atoms with Crippen LogP contribution in [0.15, 0.2) is 48.5 Å². The summed E-state index contributed by atoms with van der Waals surface area (Å²) >= 11 is 0. The average molecular weight is 411 g/mol. The molecule has 0 heterocycles. The van der Waals surface area contributed by atoms with Gasteiger partial charge in [0.1, 0.15) is 11.8 Å². The Kier molecular flexibility index (Phi) is 8.90. The predicted molar refractivity (Wildman–Crippen MR) is 120 cm³/mol. The summed E-state index contributed by atoms with van der Waals surface area (Å²) in [5, 5.41) is 3.02. The van der Waals surface area contributed by atoms with Gasteiger partial charge in [-0.25, -0.2) is 0 Å². The molecule has 162 valence electrons. The van der Waals surface area contributed by atoms with Crippen molar-refractivity contribution >= 4 is 11.8 Å². The van der Waals surface area contributed by atoms with Crippen LogP contribution in [-0.2, 0) is 16.1 Å². The highest BCUT2D eigenvalue weighted by Gasteiger charge is 2.29. The SMILES string of the molecule is CCC(C)NC(=O)C(CC)N(Cc1ccccc1)C(=O)COc1ccc(C)cc1C. The highest BCUT2D eigenvalue weighted by molar-refractivity contribution is 5.88. The molecule has 1 N–H and O–H groups in total. The molecule has 2 atom stereocenters. The second kappa shape index (κ2) is 11.4. The van der Waals surface area contributed by atoms with Gasteiger partial charge in [-0.2, -0.15) is 0 Å². The Bertz CT molecular complexity index is 836. The number of rotatable bonds is 10. The molecule has 2 unspecified atom stereocenters. The van der Waals surface area contributed by atoms with Gasteiger partial charge in [-0.3, -0.25) is 9.59 Å². The fraction of sp³-hybridized carbons (Fsp3) is 0.440. The van der Waals surface area contributed by atoms with E-state index < -0.39 is 6.04 Å². The topological polar surface area (TPSA) is 58.6 Å². The van der Waals surface area contributed by atoms with Gasteiger partial charge in [0, 0.05) is 12.6 Å². The molecule has 0 fully saturated rings. The van der Waals surface area contributed by atoms with Gasteiger partial charge >= 0.3 is 0 Å². The van der Waals surface area contributed by atoms with Crippen molar-refractivity contribution in [3.8, 4) is 5.75 Å². The van der Waals surface area contributed by atoms with Crippen LogP contribution in [0.2, 0.25) is 0 Å². The van der Waals surface area contributed by atoms with E-state index in [0.29, 0.717) is 18.7 Å². The van der Waals surface area contributed by atoms with Gasteiger partial charge in [0.15, 0.2) is 6.61 Å². The van der Waals surface area contributed by atoms with Crippen molar-refractivity contribution in [3.05, 3.63) is 65.2 Å². The van der Waals surface area contributed by atoms with Gasteiger partial charge in [0.05, 0.1) is 0 Å². The number of aryl methyl sites for hydroxylation is 2. The van der Waals surface area contributed by atoms with Crippen LogP contribution in [0.4, 0.5) is 0 Å². The lowest BCUT2D eigenvalue weighted by atomic mass is 10.1. The Labute approximate surface area is 180 Å². The second-order valence-electron chi connectivity index (χ2n) is 7.81. The van der Waals surface area contributed by atoms with Crippen LogP contribution >= 0.6 is 0 Å². The minimum atomic E-state index is -0.547. The van der Waals surface area contributed by atoms with E-state index in [1.807, 2.05) is 83.1 Å². The molecule has 0 bridgehead atoms. The van der Waals surface area contributed by atoms with Crippen molar-refractivity contribution in [2.24, 2.45) is 0 Å². The maximum atomic E-state index is 13.2. The summed E-state index contributed by atoms with van der Waals surface area (Å²) in [5.41, 5.74) is 3.11. The summed E-state index contributed by atoms with van der Waals surface area (Å²) in [7, 11) is 0. The number of ether oxygens (including phenoxy) is 1. The molecule has 0 aliphatic carbocycles. The zero-order valence-electron chi connectivity index (χ0n) is 18.8. The molecular weight excluding hydrogens is 376 g/mol. The Balaban J connectivity index is 2.20. The number of hydrogen-bond acceptors (Lipinski definition) is 3. The van der Waals surface area contributed by atoms with E-state index >= 15 is 0 Å². The largest absolute Gasteiger partial charge is 0.483 e. The van der Waals surface area contributed by atoms with E-state index in [0.717, 1.165) is 23.1 Å². The normalized spacial score (nSPS) is 12.7. The van der Waals surface area contributed by atoms with E-state index in [-0.39, 0.29) is 24.5 Å². The Hall–Kier alpha value is -2.82. The number of carbonyl (C=O) groups excluding carboxylic acids is 2. The van der Waals surface area contributed by atoms with Crippen LogP contribution in [0.25, 0.3) is 0 Å². The van der Waals surface area contributed by atoms with Crippen LogP contribution in [0.3, 0.4) is 0 Å². The average Bonchev–Trinajstić information content (AvgIpc) is 2.73. The van der Waals surface area contributed by atoms with E-state index in [1.54, 1.807) is 4.90 Å². The maximum absolute atomic E-state index is 13.2. The van der Waals surface area contributed by atoms with Crippen LogP contribution in [0.5, 0.6) is 5.75 Å². The molecule has 0 aliphatic rings.